The standard InChI is InChI=1S/C19H30N4/c1-2-10-23(11-3-1)19-7-4-16(15-21-19)14-20-17-8-12-22(13-9-17)18-5-6-18/h4,7,15,17-18,20H,1-3,5-6,8-14H2. The highest BCUT2D eigenvalue weighted by Gasteiger charge is 2.31. The number of anilines is 1. The number of hydrogen-bond donors (Lipinski definition) is 1. The number of nitrogens with zero attached hydrogens (tertiary/aromatic N) is 3. The van der Waals surface area contributed by atoms with E-state index in [0.717, 1.165) is 18.4 Å². The summed E-state index contributed by atoms with van der Waals surface area (Å²) in [6.07, 6.45) is 11.5. The molecule has 4 nitrogen and oxygen atoms in total. The predicted octanol–water partition coefficient (Wildman–Crippen LogP) is 2.79. The van der Waals surface area contributed by atoms with Crippen LogP contribution in [0.5, 0.6) is 0 Å². The van der Waals surface area contributed by atoms with Crippen molar-refractivity contribution in [2.45, 2.75) is 63.6 Å². The number of pyridine rings is 1. The zero-order valence-electron chi connectivity index (χ0n) is 14.2. The molecule has 23 heavy (non-hydrogen) atoms. The lowest BCUT2D eigenvalue weighted by molar-refractivity contribution is 0.189. The fourth-order valence-electron chi connectivity index (χ4n) is 4.00. The van der Waals surface area contributed by atoms with E-state index < -0.39 is 0 Å². The van der Waals surface area contributed by atoms with Gasteiger partial charge in [-0.3, -0.25) is 0 Å². The molecule has 3 heterocycles. The molecule has 1 aromatic rings. The highest BCUT2D eigenvalue weighted by atomic mass is 15.2. The number of aromatic nitrogens is 1. The molecule has 4 heteroatoms. The predicted molar refractivity (Wildman–Crippen MR) is 94.8 cm³/mol. The Morgan fingerprint density at radius 2 is 1.74 bits per heavy atom. The molecule has 126 valence electrons. The van der Waals surface area contributed by atoms with Crippen LogP contribution >= 0.6 is 0 Å². The first kappa shape index (κ1) is 15.4. The van der Waals surface area contributed by atoms with Crippen LogP contribution in [0.2, 0.25) is 0 Å². The molecule has 0 unspecified atom stereocenters. The van der Waals surface area contributed by atoms with Crippen LogP contribution in [0.25, 0.3) is 0 Å². The molecule has 1 saturated carbocycles. The third-order valence-electron chi connectivity index (χ3n) is 5.68. The van der Waals surface area contributed by atoms with Gasteiger partial charge in [0.25, 0.3) is 0 Å². The second kappa shape index (κ2) is 7.18. The van der Waals surface area contributed by atoms with Gasteiger partial charge in [0.15, 0.2) is 0 Å². The summed E-state index contributed by atoms with van der Waals surface area (Å²) in [5.74, 6) is 1.16. The third-order valence-corrected chi connectivity index (χ3v) is 5.68. The molecule has 1 aliphatic carbocycles. The van der Waals surface area contributed by atoms with Gasteiger partial charge in [-0.15, -0.1) is 0 Å². The van der Waals surface area contributed by atoms with Crippen molar-refractivity contribution in [2.75, 3.05) is 31.1 Å². The first-order chi connectivity index (χ1) is 11.4. The molecule has 3 fully saturated rings. The first-order valence-corrected chi connectivity index (χ1v) is 9.56. The number of likely N-dealkylation sites (tertiary alicyclic amines) is 1. The summed E-state index contributed by atoms with van der Waals surface area (Å²) >= 11 is 0. The van der Waals surface area contributed by atoms with E-state index in [4.69, 9.17) is 0 Å². The Kier molecular flexibility index (Phi) is 4.81. The number of piperidine rings is 2. The Morgan fingerprint density at radius 1 is 0.957 bits per heavy atom. The monoisotopic (exact) mass is 314 g/mol. The fraction of sp³-hybridized carbons (Fsp3) is 0.737. The average Bonchev–Trinajstić information content (AvgIpc) is 3.47. The number of rotatable bonds is 5. The van der Waals surface area contributed by atoms with Crippen LogP contribution in [0.3, 0.4) is 0 Å². The van der Waals surface area contributed by atoms with Crippen molar-refractivity contribution in [3.05, 3.63) is 23.9 Å². The lowest BCUT2D eigenvalue weighted by Gasteiger charge is -2.32. The van der Waals surface area contributed by atoms with Crippen LogP contribution in [0, 0.1) is 0 Å². The Morgan fingerprint density at radius 3 is 2.39 bits per heavy atom. The Balaban J connectivity index is 1.23. The van der Waals surface area contributed by atoms with Crippen LogP contribution < -0.4 is 10.2 Å². The van der Waals surface area contributed by atoms with Crippen LogP contribution in [-0.2, 0) is 6.54 Å². The fourth-order valence-corrected chi connectivity index (χ4v) is 4.00. The van der Waals surface area contributed by atoms with E-state index >= 15 is 0 Å². The van der Waals surface area contributed by atoms with E-state index in [1.165, 1.54) is 76.7 Å². The molecule has 0 atom stereocenters. The SMILES string of the molecule is c1cc(N2CCCCC2)ncc1CNC1CCN(C2CC2)CC1. The lowest BCUT2D eigenvalue weighted by Crippen LogP contribution is -2.43. The van der Waals surface area contributed by atoms with Crippen LogP contribution in [-0.4, -0.2) is 48.1 Å². The molecule has 1 aromatic heterocycles. The topological polar surface area (TPSA) is 31.4 Å². The Hall–Kier alpha value is -1.13. The van der Waals surface area contributed by atoms with E-state index in [9.17, 15) is 0 Å². The van der Waals surface area contributed by atoms with Crippen LogP contribution in [0.1, 0.15) is 50.5 Å². The Labute approximate surface area is 140 Å². The summed E-state index contributed by atoms with van der Waals surface area (Å²) in [5, 5.41) is 3.74. The van der Waals surface area contributed by atoms with Crippen molar-refractivity contribution >= 4 is 5.82 Å². The maximum atomic E-state index is 4.69. The van der Waals surface area contributed by atoms with Gasteiger partial charge in [0.1, 0.15) is 5.82 Å². The maximum Gasteiger partial charge on any atom is 0.128 e. The van der Waals surface area contributed by atoms with Gasteiger partial charge in [0, 0.05) is 37.9 Å². The lowest BCUT2D eigenvalue weighted by atomic mass is 10.0. The second-order valence-corrected chi connectivity index (χ2v) is 7.49. The highest BCUT2D eigenvalue weighted by Crippen LogP contribution is 2.29. The normalized spacial score (nSPS) is 24.1. The first-order valence-electron chi connectivity index (χ1n) is 9.56. The van der Waals surface area contributed by atoms with Gasteiger partial charge in [-0.1, -0.05) is 6.07 Å². The van der Waals surface area contributed by atoms with Crippen LogP contribution in [0.4, 0.5) is 5.82 Å². The summed E-state index contributed by atoms with van der Waals surface area (Å²) in [6, 6.07) is 6.08. The van der Waals surface area contributed by atoms with Crippen molar-refractivity contribution < 1.29 is 0 Å². The zero-order valence-corrected chi connectivity index (χ0v) is 14.2. The molecule has 0 radical (unpaired) electrons. The van der Waals surface area contributed by atoms with Crippen molar-refractivity contribution in [3.63, 3.8) is 0 Å². The van der Waals surface area contributed by atoms with Gasteiger partial charge in [-0.2, -0.15) is 0 Å². The number of nitrogens with one attached hydrogen (secondary N) is 1. The second-order valence-electron chi connectivity index (χ2n) is 7.49. The molecule has 0 bridgehead atoms. The smallest absolute Gasteiger partial charge is 0.128 e. The van der Waals surface area contributed by atoms with Gasteiger partial charge in [-0.05, 0) is 69.7 Å². The van der Waals surface area contributed by atoms with Gasteiger partial charge in [0.2, 0.25) is 0 Å². The molecule has 4 rings (SSSR count). The van der Waals surface area contributed by atoms with Gasteiger partial charge >= 0.3 is 0 Å². The van der Waals surface area contributed by atoms with E-state index in [-0.39, 0.29) is 0 Å². The Bertz CT molecular complexity index is 483. The molecule has 2 saturated heterocycles. The highest BCUT2D eigenvalue weighted by molar-refractivity contribution is 5.39. The van der Waals surface area contributed by atoms with Gasteiger partial charge in [-0.25, -0.2) is 4.98 Å². The average molecular weight is 314 g/mol. The summed E-state index contributed by atoms with van der Waals surface area (Å²) in [5.41, 5.74) is 1.32. The zero-order chi connectivity index (χ0) is 15.5. The molecular weight excluding hydrogens is 284 g/mol. The van der Waals surface area contributed by atoms with E-state index in [0.29, 0.717) is 6.04 Å². The summed E-state index contributed by atoms with van der Waals surface area (Å²) in [6.45, 7) is 5.87. The minimum atomic E-state index is 0.687. The number of hydrogen-bond acceptors (Lipinski definition) is 4. The minimum absolute atomic E-state index is 0.687. The molecule has 0 amide bonds. The van der Waals surface area contributed by atoms with Crippen molar-refractivity contribution in [3.8, 4) is 0 Å². The van der Waals surface area contributed by atoms with Gasteiger partial charge < -0.3 is 15.1 Å². The van der Waals surface area contributed by atoms with Crippen molar-refractivity contribution in [1.29, 1.82) is 0 Å². The minimum Gasteiger partial charge on any atom is -0.357 e. The maximum absolute atomic E-state index is 4.69. The largest absolute Gasteiger partial charge is 0.357 e. The summed E-state index contributed by atoms with van der Waals surface area (Å²) in [7, 11) is 0. The van der Waals surface area contributed by atoms with Crippen molar-refractivity contribution in [1.82, 2.24) is 15.2 Å². The van der Waals surface area contributed by atoms with E-state index in [2.05, 4.69) is 38.4 Å². The summed E-state index contributed by atoms with van der Waals surface area (Å²) in [4.78, 5) is 9.80. The quantitative estimate of drug-likeness (QED) is 0.905. The van der Waals surface area contributed by atoms with Gasteiger partial charge in [0.05, 0.1) is 0 Å². The van der Waals surface area contributed by atoms with E-state index in [1.807, 2.05) is 0 Å². The molecule has 0 aromatic carbocycles. The van der Waals surface area contributed by atoms with Crippen LogP contribution in [0.15, 0.2) is 18.3 Å². The van der Waals surface area contributed by atoms with Crippen molar-refractivity contribution in [2.24, 2.45) is 0 Å². The summed E-state index contributed by atoms with van der Waals surface area (Å²) < 4.78 is 0. The molecule has 0 spiro atoms. The molecular formula is C19H30N4. The van der Waals surface area contributed by atoms with E-state index in [1.54, 1.807) is 0 Å². The third kappa shape index (κ3) is 4.04. The molecule has 3 aliphatic rings. The molecule has 2 aliphatic heterocycles. The molecule has 1 N–H and O–H groups in total.